The lowest BCUT2D eigenvalue weighted by Gasteiger charge is -2.32. The van der Waals surface area contributed by atoms with E-state index in [0.717, 1.165) is 23.2 Å². The Labute approximate surface area is 159 Å². The highest BCUT2D eigenvalue weighted by atomic mass is 32.1. The number of nitrogens with one attached hydrogen (secondary N) is 2. The summed E-state index contributed by atoms with van der Waals surface area (Å²) in [6.07, 6.45) is -2.52. The van der Waals surface area contributed by atoms with Crippen LogP contribution in [-0.2, 0) is 0 Å². The van der Waals surface area contributed by atoms with Crippen LogP contribution in [0.5, 0.6) is 0 Å². The summed E-state index contributed by atoms with van der Waals surface area (Å²) in [5.41, 5.74) is 3.31. The predicted octanol–water partition coefficient (Wildman–Crippen LogP) is 6.34. The van der Waals surface area contributed by atoms with Crippen molar-refractivity contribution in [1.82, 2.24) is 5.32 Å². The molecule has 0 amide bonds. The van der Waals surface area contributed by atoms with Crippen LogP contribution >= 0.6 is 12.2 Å². The molecule has 0 aliphatic heterocycles. The van der Waals surface area contributed by atoms with E-state index >= 15 is 0 Å². The number of rotatable bonds is 4. The van der Waals surface area contributed by atoms with Crippen LogP contribution in [-0.4, -0.2) is 17.3 Å². The van der Waals surface area contributed by atoms with Crippen molar-refractivity contribution >= 4 is 23.0 Å². The van der Waals surface area contributed by atoms with Gasteiger partial charge in [0.2, 0.25) is 0 Å². The van der Waals surface area contributed by atoms with Crippen molar-refractivity contribution in [2.45, 2.75) is 77.4 Å². The third-order valence-corrected chi connectivity index (χ3v) is 5.30. The number of benzene rings is 1. The van der Waals surface area contributed by atoms with E-state index in [9.17, 15) is 13.2 Å². The standard InChI is InChI=1S/C20H29F3N2S/c1-12(2)16-9-6-10-17(13(3)4)18(16)25-19(26)24-15-8-5-7-14(11-15)20(21,22)23/h6,9-10,12-15H,5,7-8,11H2,1-4H3,(H2,24,25,26). The fourth-order valence-electron chi connectivity index (χ4n) is 3.65. The van der Waals surface area contributed by atoms with Gasteiger partial charge < -0.3 is 10.6 Å². The number of para-hydroxylation sites is 1. The smallest absolute Gasteiger partial charge is 0.360 e. The predicted molar refractivity (Wildman–Crippen MR) is 106 cm³/mol. The summed E-state index contributed by atoms with van der Waals surface area (Å²) >= 11 is 5.44. The Morgan fingerprint density at radius 2 is 1.65 bits per heavy atom. The van der Waals surface area contributed by atoms with Gasteiger partial charge in [0.15, 0.2) is 5.11 Å². The Kier molecular flexibility index (Phi) is 6.94. The maximum Gasteiger partial charge on any atom is 0.391 e. The first-order valence-corrected chi connectivity index (χ1v) is 9.77. The van der Waals surface area contributed by atoms with Crippen LogP contribution in [0.15, 0.2) is 18.2 Å². The fourth-order valence-corrected chi connectivity index (χ4v) is 3.92. The fraction of sp³-hybridized carbons (Fsp3) is 0.650. The monoisotopic (exact) mass is 386 g/mol. The maximum atomic E-state index is 13.0. The van der Waals surface area contributed by atoms with E-state index in [0.29, 0.717) is 23.4 Å². The molecule has 0 heterocycles. The van der Waals surface area contributed by atoms with Crippen LogP contribution in [0, 0.1) is 5.92 Å². The molecule has 1 saturated carbocycles. The Balaban J connectivity index is 2.10. The van der Waals surface area contributed by atoms with Gasteiger partial charge in [-0.3, -0.25) is 0 Å². The van der Waals surface area contributed by atoms with Gasteiger partial charge in [-0.25, -0.2) is 0 Å². The van der Waals surface area contributed by atoms with Crippen molar-refractivity contribution in [1.29, 1.82) is 0 Å². The third kappa shape index (κ3) is 5.35. The van der Waals surface area contributed by atoms with E-state index in [4.69, 9.17) is 12.2 Å². The summed E-state index contributed by atoms with van der Waals surface area (Å²) in [6, 6.07) is 5.95. The lowest BCUT2D eigenvalue weighted by Crippen LogP contribution is -2.43. The van der Waals surface area contributed by atoms with Crippen LogP contribution in [0.2, 0.25) is 0 Å². The van der Waals surface area contributed by atoms with Crippen LogP contribution in [0.3, 0.4) is 0 Å². The second kappa shape index (κ2) is 8.59. The van der Waals surface area contributed by atoms with Gasteiger partial charge >= 0.3 is 6.18 Å². The second-order valence-corrected chi connectivity index (χ2v) is 8.23. The second-order valence-electron chi connectivity index (χ2n) is 7.82. The topological polar surface area (TPSA) is 24.1 Å². The molecule has 0 bridgehead atoms. The largest absolute Gasteiger partial charge is 0.391 e. The summed E-state index contributed by atoms with van der Waals surface area (Å²) < 4.78 is 39.0. The van der Waals surface area contributed by atoms with Crippen molar-refractivity contribution in [2.75, 3.05) is 5.32 Å². The normalized spacial score (nSPS) is 21.1. The first-order valence-electron chi connectivity index (χ1n) is 9.36. The Morgan fingerprint density at radius 3 is 2.15 bits per heavy atom. The highest BCUT2D eigenvalue weighted by Gasteiger charge is 2.42. The van der Waals surface area contributed by atoms with Gasteiger partial charge in [0, 0.05) is 11.7 Å². The lowest BCUT2D eigenvalue weighted by molar-refractivity contribution is -0.183. The first kappa shape index (κ1) is 21.0. The molecule has 1 aromatic carbocycles. The minimum atomic E-state index is -4.12. The minimum absolute atomic E-state index is 0.0915. The molecule has 2 atom stereocenters. The van der Waals surface area contributed by atoms with Gasteiger partial charge in [-0.05, 0) is 54.4 Å². The van der Waals surface area contributed by atoms with E-state index in [-0.39, 0.29) is 18.9 Å². The molecular formula is C20H29F3N2S. The molecule has 0 saturated heterocycles. The molecule has 1 aliphatic rings. The Hall–Kier alpha value is -1.30. The van der Waals surface area contributed by atoms with Crippen molar-refractivity contribution < 1.29 is 13.2 Å². The van der Waals surface area contributed by atoms with Gasteiger partial charge in [-0.15, -0.1) is 0 Å². The third-order valence-electron chi connectivity index (χ3n) is 5.08. The minimum Gasteiger partial charge on any atom is -0.360 e. The zero-order valence-corrected chi connectivity index (χ0v) is 16.7. The molecule has 0 aromatic heterocycles. The molecule has 1 fully saturated rings. The molecule has 2 rings (SSSR count). The van der Waals surface area contributed by atoms with Crippen molar-refractivity contribution in [2.24, 2.45) is 5.92 Å². The highest BCUT2D eigenvalue weighted by Crippen LogP contribution is 2.37. The number of thiocarbonyl (C=S) groups is 1. The number of hydrogen-bond donors (Lipinski definition) is 2. The van der Waals surface area contributed by atoms with Gasteiger partial charge in [0.1, 0.15) is 0 Å². The Morgan fingerprint density at radius 1 is 1.08 bits per heavy atom. The van der Waals surface area contributed by atoms with E-state index in [1.807, 2.05) is 6.07 Å². The molecule has 1 aliphatic carbocycles. The zero-order valence-electron chi connectivity index (χ0n) is 15.9. The van der Waals surface area contributed by atoms with Gasteiger partial charge in [-0.2, -0.15) is 13.2 Å². The molecule has 26 heavy (non-hydrogen) atoms. The van der Waals surface area contributed by atoms with Crippen LogP contribution < -0.4 is 10.6 Å². The quantitative estimate of drug-likeness (QED) is 0.590. The van der Waals surface area contributed by atoms with E-state index in [1.165, 1.54) is 0 Å². The number of hydrogen-bond acceptors (Lipinski definition) is 1. The zero-order chi connectivity index (χ0) is 19.5. The van der Waals surface area contributed by atoms with Crippen molar-refractivity contribution in [3.63, 3.8) is 0 Å². The highest BCUT2D eigenvalue weighted by molar-refractivity contribution is 7.80. The van der Waals surface area contributed by atoms with Gasteiger partial charge in [-0.1, -0.05) is 52.3 Å². The molecule has 6 heteroatoms. The lowest BCUT2D eigenvalue weighted by atomic mass is 9.85. The summed E-state index contributed by atoms with van der Waals surface area (Å²) in [5.74, 6) is -0.586. The Bertz CT molecular complexity index is 600. The molecule has 1 aromatic rings. The summed E-state index contributed by atoms with van der Waals surface area (Å²) in [6.45, 7) is 8.48. The molecule has 2 N–H and O–H groups in total. The average Bonchev–Trinajstić information content (AvgIpc) is 2.53. The van der Waals surface area contributed by atoms with E-state index in [1.54, 1.807) is 0 Å². The molecule has 0 spiro atoms. The van der Waals surface area contributed by atoms with E-state index < -0.39 is 12.1 Å². The molecule has 0 radical (unpaired) electrons. The van der Waals surface area contributed by atoms with Crippen molar-refractivity contribution in [3.05, 3.63) is 29.3 Å². The van der Waals surface area contributed by atoms with E-state index in [2.05, 4.69) is 50.5 Å². The molecule has 2 nitrogen and oxygen atoms in total. The molecule has 146 valence electrons. The summed E-state index contributed by atoms with van der Waals surface area (Å²) in [4.78, 5) is 0. The van der Waals surface area contributed by atoms with Gasteiger partial charge in [0.25, 0.3) is 0 Å². The number of anilines is 1. The first-order chi connectivity index (χ1) is 12.1. The molecule has 2 unspecified atom stereocenters. The van der Waals surface area contributed by atoms with Gasteiger partial charge in [0.05, 0.1) is 5.92 Å². The summed E-state index contributed by atoms with van der Waals surface area (Å²) in [7, 11) is 0. The van der Waals surface area contributed by atoms with Crippen LogP contribution in [0.25, 0.3) is 0 Å². The summed E-state index contributed by atoms with van der Waals surface area (Å²) in [5, 5.41) is 6.81. The van der Waals surface area contributed by atoms with Crippen LogP contribution in [0.1, 0.15) is 76.3 Å². The average molecular weight is 387 g/mol. The number of alkyl halides is 3. The van der Waals surface area contributed by atoms with Crippen LogP contribution in [0.4, 0.5) is 18.9 Å². The number of halogens is 3. The SMILES string of the molecule is CC(C)c1cccc(C(C)C)c1NC(=S)NC1CCCC(C(F)(F)F)C1. The molecular weight excluding hydrogens is 357 g/mol. The maximum absolute atomic E-state index is 13.0. The van der Waals surface area contributed by atoms with Crippen molar-refractivity contribution in [3.8, 4) is 0 Å².